The molecule has 94 valence electrons. The minimum atomic E-state index is -0.341. The van der Waals surface area contributed by atoms with Crippen LogP contribution >= 0.6 is 11.3 Å². The molecule has 1 heterocycles. The molecule has 6 heteroatoms. The molecule has 0 aliphatic heterocycles. The number of anilines is 1. The minimum Gasteiger partial charge on any atom is -0.374 e. The molecule has 1 saturated carbocycles. The lowest BCUT2D eigenvalue weighted by Gasteiger charge is -2.39. The summed E-state index contributed by atoms with van der Waals surface area (Å²) in [4.78, 5) is 15.0. The van der Waals surface area contributed by atoms with Crippen LogP contribution in [0.15, 0.2) is 17.6 Å². The maximum Gasteiger partial charge on any atom is 0.319 e. The van der Waals surface area contributed by atoms with Crippen molar-refractivity contribution >= 4 is 32.9 Å². The number of thiazole rings is 1. The summed E-state index contributed by atoms with van der Waals surface area (Å²) in [6, 6.07) is 3.69. The van der Waals surface area contributed by atoms with Gasteiger partial charge in [-0.2, -0.15) is 0 Å². The Kier molecular flexibility index (Phi) is 2.48. The summed E-state index contributed by atoms with van der Waals surface area (Å²) in [6.07, 6.45) is 3.29. The van der Waals surface area contributed by atoms with Crippen LogP contribution in [0.5, 0.6) is 0 Å². The number of nitro groups is 1. The van der Waals surface area contributed by atoms with Gasteiger partial charge in [-0.1, -0.05) is 0 Å². The lowest BCUT2D eigenvalue weighted by molar-refractivity contribution is -0.382. The Bertz CT molecular complexity index is 619. The number of fused-ring (bicyclic) bond motifs is 1. The Morgan fingerprint density at radius 2 is 2.28 bits per heavy atom. The van der Waals surface area contributed by atoms with Gasteiger partial charge in [-0.25, -0.2) is 4.98 Å². The molecular weight excluding hydrogens is 250 g/mol. The summed E-state index contributed by atoms with van der Waals surface area (Å²) in [5.41, 5.74) is 2.81. The van der Waals surface area contributed by atoms with Gasteiger partial charge in [0.25, 0.3) is 0 Å². The standard InChI is InChI=1S/C12H13N3O2S/c1-12(5-2-6-12)14-8-3-4-9-10(13-7-18-9)11(8)15(16)17/h3-4,7,14H,2,5-6H2,1H3. The quantitative estimate of drug-likeness (QED) is 0.679. The van der Waals surface area contributed by atoms with Gasteiger partial charge in [-0.3, -0.25) is 10.1 Å². The molecule has 0 atom stereocenters. The van der Waals surface area contributed by atoms with Gasteiger partial charge in [-0.05, 0) is 38.3 Å². The molecule has 1 N–H and O–H groups in total. The first-order valence-corrected chi connectivity index (χ1v) is 6.76. The zero-order valence-corrected chi connectivity index (χ0v) is 10.8. The van der Waals surface area contributed by atoms with Gasteiger partial charge in [0.05, 0.1) is 15.1 Å². The van der Waals surface area contributed by atoms with Crippen molar-refractivity contribution in [3.05, 3.63) is 27.8 Å². The molecule has 0 unspecified atom stereocenters. The molecule has 1 aliphatic carbocycles. The zero-order valence-electron chi connectivity index (χ0n) is 9.97. The first-order chi connectivity index (χ1) is 8.59. The number of hydrogen-bond acceptors (Lipinski definition) is 5. The number of nitro benzene ring substituents is 1. The van der Waals surface area contributed by atoms with Gasteiger partial charge >= 0.3 is 5.69 Å². The second kappa shape index (κ2) is 3.91. The minimum absolute atomic E-state index is 0.00550. The summed E-state index contributed by atoms with van der Waals surface area (Å²) < 4.78 is 0.853. The van der Waals surface area contributed by atoms with E-state index >= 15 is 0 Å². The fourth-order valence-electron chi connectivity index (χ4n) is 2.36. The Balaban J connectivity index is 2.09. The SMILES string of the molecule is CC1(Nc2ccc3scnc3c2[N+](=O)[O-])CCC1. The van der Waals surface area contributed by atoms with Crippen molar-refractivity contribution in [2.45, 2.75) is 31.7 Å². The highest BCUT2D eigenvalue weighted by molar-refractivity contribution is 7.16. The van der Waals surface area contributed by atoms with Gasteiger partial charge in [0.1, 0.15) is 5.69 Å². The highest BCUT2D eigenvalue weighted by atomic mass is 32.1. The molecule has 0 bridgehead atoms. The summed E-state index contributed by atoms with van der Waals surface area (Å²) in [6.45, 7) is 2.10. The largest absolute Gasteiger partial charge is 0.374 e. The first kappa shape index (κ1) is 11.4. The van der Waals surface area contributed by atoms with E-state index in [9.17, 15) is 10.1 Å². The molecule has 1 fully saturated rings. The fraction of sp³-hybridized carbons (Fsp3) is 0.417. The number of benzene rings is 1. The molecule has 0 saturated heterocycles. The van der Waals surface area contributed by atoms with E-state index < -0.39 is 0 Å². The number of hydrogen-bond donors (Lipinski definition) is 1. The smallest absolute Gasteiger partial charge is 0.319 e. The lowest BCUT2D eigenvalue weighted by Crippen LogP contribution is -2.41. The van der Waals surface area contributed by atoms with E-state index in [4.69, 9.17) is 0 Å². The van der Waals surface area contributed by atoms with E-state index in [1.807, 2.05) is 6.07 Å². The van der Waals surface area contributed by atoms with Gasteiger partial charge in [0.15, 0.2) is 5.52 Å². The third kappa shape index (κ3) is 1.73. The maximum atomic E-state index is 11.3. The maximum absolute atomic E-state index is 11.3. The van der Waals surface area contributed by atoms with Crippen molar-refractivity contribution in [1.82, 2.24) is 4.98 Å². The average molecular weight is 263 g/mol. The molecule has 1 aliphatic rings. The fourth-order valence-corrected chi connectivity index (χ4v) is 3.04. The van der Waals surface area contributed by atoms with Crippen LogP contribution in [0.4, 0.5) is 11.4 Å². The van der Waals surface area contributed by atoms with Crippen molar-refractivity contribution in [2.24, 2.45) is 0 Å². The van der Waals surface area contributed by atoms with Crippen molar-refractivity contribution in [3.8, 4) is 0 Å². The second-order valence-corrected chi connectivity index (χ2v) is 5.84. The Morgan fingerprint density at radius 1 is 1.50 bits per heavy atom. The summed E-state index contributed by atoms with van der Waals surface area (Å²) in [5.74, 6) is 0. The van der Waals surface area contributed by atoms with E-state index in [1.165, 1.54) is 17.8 Å². The van der Waals surface area contributed by atoms with E-state index in [0.717, 1.165) is 17.5 Å². The number of nitrogens with zero attached hydrogens (tertiary/aromatic N) is 2. The number of aromatic nitrogens is 1. The van der Waals surface area contributed by atoms with E-state index in [0.29, 0.717) is 11.2 Å². The van der Waals surface area contributed by atoms with Gasteiger partial charge in [0.2, 0.25) is 0 Å². The summed E-state index contributed by atoms with van der Waals surface area (Å²) >= 11 is 1.42. The number of rotatable bonds is 3. The molecule has 18 heavy (non-hydrogen) atoms. The van der Waals surface area contributed by atoms with Gasteiger partial charge in [0, 0.05) is 5.54 Å². The predicted octanol–water partition coefficient (Wildman–Crippen LogP) is 3.56. The highest BCUT2D eigenvalue weighted by Gasteiger charge is 2.34. The van der Waals surface area contributed by atoms with Crippen LogP contribution in [0.25, 0.3) is 10.2 Å². The third-order valence-electron chi connectivity index (χ3n) is 3.55. The Morgan fingerprint density at radius 3 is 2.89 bits per heavy atom. The van der Waals surface area contributed by atoms with E-state index in [2.05, 4.69) is 17.2 Å². The van der Waals surface area contributed by atoms with Crippen LogP contribution in [-0.2, 0) is 0 Å². The van der Waals surface area contributed by atoms with Gasteiger partial charge < -0.3 is 5.32 Å². The Labute approximate surface area is 108 Å². The van der Waals surface area contributed by atoms with Crippen molar-refractivity contribution in [1.29, 1.82) is 0 Å². The van der Waals surface area contributed by atoms with Crippen LogP contribution < -0.4 is 5.32 Å². The Hall–Kier alpha value is -1.69. The van der Waals surface area contributed by atoms with E-state index in [-0.39, 0.29) is 16.1 Å². The van der Waals surface area contributed by atoms with Crippen LogP contribution in [0.2, 0.25) is 0 Å². The molecule has 0 spiro atoms. The molecular formula is C12H13N3O2S. The first-order valence-electron chi connectivity index (χ1n) is 5.88. The molecule has 5 nitrogen and oxygen atoms in total. The molecule has 3 rings (SSSR count). The van der Waals surface area contributed by atoms with Crippen molar-refractivity contribution in [3.63, 3.8) is 0 Å². The van der Waals surface area contributed by atoms with Crippen LogP contribution in [0.1, 0.15) is 26.2 Å². The van der Waals surface area contributed by atoms with E-state index in [1.54, 1.807) is 11.6 Å². The normalized spacial score (nSPS) is 17.4. The molecule has 1 aromatic carbocycles. The highest BCUT2D eigenvalue weighted by Crippen LogP contribution is 2.40. The molecule has 0 radical (unpaired) electrons. The molecule has 2 aromatic rings. The van der Waals surface area contributed by atoms with Crippen molar-refractivity contribution < 1.29 is 4.92 Å². The monoisotopic (exact) mass is 263 g/mol. The topological polar surface area (TPSA) is 68.1 Å². The lowest BCUT2D eigenvalue weighted by atomic mass is 9.78. The summed E-state index contributed by atoms with van der Waals surface area (Å²) in [5, 5.41) is 14.6. The molecule has 0 amide bonds. The number of nitrogens with one attached hydrogen (secondary N) is 1. The third-order valence-corrected chi connectivity index (χ3v) is 4.35. The average Bonchev–Trinajstić information content (AvgIpc) is 2.73. The second-order valence-electron chi connectivity index (χ2n) is 4.96. The zero-order chi connectivity index (χ0) is 12.8. The van der Waals surface area contributed by atoms with Gasteiger partial charge in [-0.15, -0.1) is 11.3 Å². The van der Waals surface area contributed by atoms with Crippen LogP contribution in [0, 0.1) is 10.1 Å². The molecule has 1 aromatic heterocycles. The van der Waals surface area contributed by atoms with Crippen molar-refractivity contribution in [2.75, 3.05) is 5.32 Å². The predicted molar refractivity (Wildman–Crippen MR) is 72.2 cm³/mol. The summed E-state index contributed by atoms with van der Waals surface area (Å²) in [7, 11) is 0. The van der Waals surface area contributed by atoms with Crippen LogP contribution in [0.3, 0.4) is 0 Å². The van der Waals surface area contributed by atoms with Crippen LogP contribution in [-0.4, -0.2) is 15.4 Å².